The van der Waals surface area contributed by atoms with Crippen LogP contribution < -0.4 is 59.7 Å². The van der Waals surface area contributed by atoms with E-state index in [4.69, 9.17) is 17.2 Å². The van der Waals surface area contributed by atoms with E-state index >= 15 is 0 Å². The van der Waals surface area contributed by atoms with E-state index in [1.807, 2.05) is 84.0 Å². The number of carbonyl (C=O) groups is 12. The molecule has 27 heteroatoms. The second kappa shape index (κ2) is 44.6. The number of aromatic nitrogens is 1. The minimum Gasteiger partial charge on any atom is -0.481 e. The molecule has 0 bridgehead atoms. The summed E-state index contributed by atoms with van der Waals surface area (Å²) < 4.78 is 0. The zero-order valence-electron chi connectivity index (χ0n) is 58.6. The molecule has 10 atom stereocenters. The van der Waals surface area contributed by atoms with Crippen LogP contribution in [-0.2, 0) is 70.4 Å². The number of amides is 8. The van der Waals surface area contributed by atoms with Gasteiger partial charge in [0, 0.05) is 148 Å². The van der Waals surface area contributed by atoms with Gasteiger partial charge in [0.25, 0.3) is 0 Å². The predicted molar refractivity (Wildman–Crippen MR) is 372 cm³/mol. The first-order valence-electron chi connectivity index (χ1n) is 34.6. The van der Waals surface area contributed by atoms with Crippen molar-refractivity contribution in [3.05, 3.63) is 71.9 Å². The predicted octanol–water partition coefficient (Wildman–Crippen LogP) is 4.55. The maximum atomic E-state index is 14.2. The summed E-state index contributed by atoms with van der Waals surface area (Å²) in [5.74, 6) is -8.99. The number of carbonyl (C=O) groups excluding carboxylic acids is 9. The lowest BCUT2D eigenvalue weighted by molar-refractivity contribution is -0.140. The van der Waals surface area contributed by atoms with Gasteiger partial charge in [0.05, 0.1) is 6.42 Å². The summed E-state index contributed by atoms with van der Waals surface area (Å²) in [4.78, 5) is 162. The molecule has 546 valence electrons. The third kappa shape index (κ3) is 34.8. The fourth-order valence-corrected chi connectivity index (χ4v) is 11.9. The number of benzene rings is 2. The number of carboxylic acids is 3. The molecule has 0 spiro atoms. The molecule has 0 aliphatic rings. The van der Waals surface area contributed by atoms with Crippen molar-refractivity contribution < 1.29 is 72.9 Å². The molecule has 0 aliphatic carbocycles. The molecule has 0 fully saturated rings. The highest BCUT2D eigenvalue weighted by molar-refractivity contribution is 5.89. The van der Waals surface area contributed by atoms with Gasteiger partial charge >= 0.3 is 17.9 Å². The van der Waals surface area contributed by atoms with Crippen molar-refractivity contribution >= 4 is 81.9 Å². The highest BCUT2D eigenvalue weighted by atomic mass is 16.4. The van der Waals surface area contributed by atoms with E-state index in [2.05, 4.69) is 47.5 Å². The summed E-state index contributed by atoms with van der Waals surface area (Å²) >= 11 is 0. The van der Waals surface area contributed by atoms with E-state index in [1.54, 1.807) is 32.2 Å². The summed E-state index contributed by atoms with van der Waals surface area (Å²) in [6.45, 7) is 15.5. The van der Waals surface area contributed by atoms with E-state index in [-0.39, 0.29) is 138 Å². The second-order valence-corrected chi connectivity index (χ2v) is 27.5. The number of nitrogens with two attached hydrogens (primary N) is 3. The number of aromatic amines is 1. The molecule has 98 heavy (non-hydrogen) atoms. The summed E-state index contributed by atoms with van der Waals surface area (Å²) in [6, 6.07) is 9.85. The first-order chi connectivity index (χ1) is 46.3. The third-order valence-corrected chi connectivity index (χ3v) is 17.1. The molecule has 1 aromatic heterocycles. The molecule has 0 unspecified atom stereocenters. The minimum atomic E-state index is -1.22. The molecule has 0 aliphatic heterocycles. The topological polar surface area (TPSA) is 456 Å². The van der Waals surface area contributed by atoms with Gasteiger partial charge in [-0.3, -0.25) is 57.5 Å². The Morgan fingerprint density at radius 2 is 0.827 bits per heavy atom. The van der Waals surface area contributed by atoms with Crippen molar-refractivity contribution in [3.8, 4) is 0 Å². The quantitative estimate of drug-likeness (QED) is 0.0368. The highest BCUT2D eigenvalue weighted by Gasteiger charge is 2.32. The largest absolute Gasteiger partial charge is 0.481 e. The van der Waals surface area contributed by atoms with Crippen molar-refractivity contribution in [1.82, 2.24) is 47.5 Å². The van der Waals surface area contributed by atoms with Crippen LogP contribution >= 0.6 is 0 Å². The number of hydrogen-bond acceptors (Lipinski definition) is 15. The van der Waals surface area contributed by atoms with Crippen molar-refractivity contribution in [2.24, 2.45) is 46.8 Å². The van der Waals surface area contributed by atoms with Crippen LogP contribution in [0.25, 0.3) is 10.9 Å². The fourth-order valence-electron chi connectivity index (χ4n) is 11.9. The number of carboxylic acid groups (broad SMARTS) is 3. The van der Waals surface area contributed by atoms with E-state index in [0.29, 0.717) is 38.6 Å². The molecule has 0 saturated heterocycles. The number of fused-ring (bicyclic) bond motifs is 1. The summed E-state index contributed by atoms with van der Waals surface area (Å²) in [5, 5.41) is 52.3. The molecule has 27 nitrogen and oxygen atoms in total. The SMILES string of the molecule is CC(C)C[C@@H](CC(=O)N[C@@H](CCC(=O)O)CC(=O)N[C@@H](CC(=O)N[C@H](CC(=O)N[C@@H](CCCN)CC(=O)N[C@@H](CC(=O)N[C@H](CC(=O)N[C@@H](CCC(=O)O)CC(=O)O)Cc1ccccc1)C(C)C)Cc1c[nH]c2ccccc12)C(C)C)NC(=O)C[C@H](C(=O)C[C@@H](N)CCCN)C(C)C. The van der Waals surface area contributed by atoms with Gasteiger partial charge in [0.1, 0.15) is 5.78 Å². The summed E-state index contributed by atoms with van der Waals surface area (Å²) in [6.07, 6.45) is 1.50. The lowest BCUT2D eigenvalue weighted by atomic mass is 9.85. The zero-order valence-corrected chi connectivity index (χ0v) is 58.6. The normalized spacial score (nSPS) is 14.6. The van der Waals surface area contributed by atoms with E-state index in [1.165, 1.54) is 0 Å². The molecule has 3 aromatic rings. The third-order valence-electron chi connectivity index (χ3n) is 17.1. The van der Waals surface area contributed by atoms with E-state index < -0.39 is 126 Å². The number of Topliss-reactive ketones (excluding diaryl/α,β-unsaturated/α-hetero) is 1. The standard InChI is InChI=1S/C71H112N12O15/c1-42(2)28-52(79-66(90)38-56(43(3)4)60(84)31-48(74)18-14-26-72)34-61(85)77-50(22-24-69(93)94)33-65(89)83-59(45(7)8)40-68(92)81-54(30-47-41-75-57-21-13-12-20-55(47)57)36-63(87)76-49(19-15-27-73)32-64(88)82-58(44(5)6)39-67(91)80-53(29-46-16-10-9-11-17-46)35-62(86)78-51(37-71(97)98)23-25-70(95)96/h9-13,16-17,20-21,41-45,48-54,56,58-59,75H,14-15,18-19,22-40,72-74H2,1-8H3,(H,76,87)(H,77,85)(H,78,86)(H,79,90)(H,80,91)(H,81,92)(H,82,88)(H,83,89)(H,93,94)(H,95,96)(H,97,98)/t48-,49-,50-,51-,52-,53-,54-,56-,58-,59-/m0/s1. The van der Waals surface area contributed by atoms with Crippen LogP contribution in [0.15, 0.2) is 60.8 Å². The average Bonchev–Trinajstić information content (AvgIpc) is 1.67. The van der Waals surface area contributed by atoms with Crippen molar-refractivity contribution in [2.45, 2.75) is 245 Å². The van der Waals surface area contributed by atoms with Crippen LogP contribution in [0.2, 0.25) is 0 Å². The zero-order chi connectivity index (χ0) is 73.0. The van der Waals surface area contributed by atoms with E-state index in [9.17, 15) is 72.9 Å². The Balaban J connectivity index is 1.76. The Morgan fingerprint density at radius 1 is 0.418 bits per heavy atom. The molecule has 2 aromatic carbocycles. The van der Waals surface area contributed by atoms with Gasteiger partial charge in [-0.1, -0.05) is 104 Å². The molecule has 0 saturated carbocycles. The van der Waals surface area contributed by atoms with Crippen LogP contribution in [0.5, 0.6) is 0 Å². The van der Waals surface area contributed by atoms with Crippen LogP contribution in [0.4, 0.5) is 0 Å². The van der Waals surface area contributed by atoms with Gasteiger partial charge in [0.2, 0.25) is 47.3 Å². The molecular formula is C71H112N12O15. The number of H-pyrrole nitrogens is 1. The van der Waals surface area contributed by atoms with Gasteiger partial charge in [0.15, 0.2) is 0 Å². The molecule has 8 amide bonds. The summed E-state index contributed by atoms with van der Waals surface area (Å²) in [5.41, 5.74) is 20.2. The van der Waals surface area contributed by atoms with Gasteiger partial charge < -0.3 is 80.0 Å². The molecule has 18 N–H and O–H groups in total. The maximum Gasteiger partial charge on any atom is 0.305 e. The maximum absolute atomic E-state index is 14.2. The Morgan fingerprint density at radius 3 is 1.31 bits per heavy atom. The van der Waals surface area contributed by atoms with Gasteiger partial charge in [-0.15, -0.1) is 0 Å². The van der Waals surface area contributed by atoms with Crippen LogP contribution in [-0.4, -0.2) is 159 Å². The number of nitrogens with one attached hydrogen (secondary N) is 9. The average molecular weight is 1370 g/mol. The minimum absolute atomic E-state index is 0.0454. The van der Waals surface area contributed by atoms with Crippen LogP contribution in [0.1, 0.15) is 189 Å². The molecule has 0 radical (unpaired) electrons. The second-order valence-electron chi connectivity index (χ2n) is 27.5. The number of ketones is 1. The smallest absolute Gasteiger partial charge is 0.305 e. The van der Waals surface area contributed by atoms with Crippen molar-refractivity contribution in [1.29, 1.82) is 0 Å². The fraction of sp³-hybridized carbons (Fsp3) is 0.634. The van der Waals surface area contributed by atoms with Gasteiger partial charge in [-0.05, 0) is 112 Å². The highest BCUT2D eigenvalue weighted by Crippen LogP contribution is 2.23. The lowest BCUT2D eigenvalue weighted by Gasteiger charge is -2.27. The van der Waals surface area contributed by atoms with E-state index in [0.717, 1.165) is 22.0 Å². The van der Waals surface area contributed by atoms with Gasteiger partial charge in [-0.2, -0.15) is 0 Å². The Labute approximate surface area is 576 Å². The summed E-state index contributed by atoms with van der Waals surface area (Å²) in [7, 11) is 0. The van der Waals surface area contributed by atoms with Crippen molar-refractivity contribution in [2.75, 3.05) is 13.1 Å². The first-order valence-corrected chi connectivity index (χ1v) is 34.6. The number of hydrogen-bond donors (Lipinski definition) is 15. The molecule has 1 heterocycles. The molecular weight excluding hydrogens is 1260 g/mol. The number of aliphatic carboxylic acids is 3. The number of para-hydroxylation sites is 1. The lowest BCUT2D eigenvalue weighted by Crippen LogP contribution is -2.49. The van der Waals surface area contributed by atoms with Crippen molar-refractivity contribution in [3.63, 3.8) is 0 Å². The molecule has 3 rings (SSSR count). The van der Waals surface area contributed by atoms with Crippen LogP contribution in [0, 0.1) is 29.6 Å². The first kappa shape index (κ1) is 83.9. The number of rotatable bonds is 50. The van der Waals surface area contributed by atoms with Crippen LogP contribution in [0.3, 0.4) is 0 Å². The monoisotopic (exact) mass is 1370 g/mol. The Hall–Kier alpha value is -8.30. The van der Waals surface area contributed by atoms with Gasteiger partial charge in [-0.25, -0.2) is 0 Å². The Kier molecular flexibility index (Phi) is 38.2. The Bertz CT molecular complexity index is 3050.